The van der Waals surface area contributed by atoms with Crippen molar-refractivity contribution in [3.8, 4) is 5.88 Å². The van der Waals surface area contributed by atoms with Gasteiger partial charge in [-0.25, -0.2) is 18.7 Å². The predicted octanol–water partition coefficient (Wildman–Crippen LogP) is 3.91. The normalized spacial score (nSPS) is 13.6. The summed E-state index contributed by atoms with van der Waals surface area (Å²) in [4.78, 5) is 34.5. The number of hydrogen-bond donors (Lipinski definition) is 1. The summed E-state index contributed by atoms with van der Waals surface area (Å²) in [5, 5.41) is 2.83. The summed E-state index contributed by atoms with van der Waals surface area (Å²) in [5.74, 6) is -3.37. The number of pyridine rings is 2. The molecule has 0 saturated carbocycles. The van der Waals surface area contributed by atoms with Crippen LogP contribution in [0.1, 0.15) is 42.3 Å². The Kier molecular flexibility index (Phi) is 6.21. The molecule has 30 heavy (non-hydrogen) atoms. The Hall–Kier alpha value is -2.81. The molecule has 1 aliphatic rings. The van der Waals surface area contributed by atoms with Crippen LogP contribution in [0.3, 0.4) is 0 Å². The van der Waals surface area contributed by atoms with Crippen LogP contribution in [0.25, 0.3) is 0 Å². The molecule has 1 aliphatic heterocycles. The van der Waals surface area contributed by atoms with E-state index in [4.69, 9.17) is 16.3 Å². The molecule has 0 radical (unpaired) electrons. The van der Waals surface area contributed by atoms with Gasteiger partial charge < -0.3 is 15.0 Å². The number of carbonyl (C=O) groups is 2. The van der Waals surface area contributed by atoms with Crippen LogP contribution >= 0.6 is 11.6 Å². The molecule has 0 spiro atoms. The molecule has 3 heterocycles. The van der Waals surface area contributed by atoms with E-state index in [0.29, 0.717) is 22.5 Å². The second-order valence-corrected chi connectivity index (χ2v) is 7.89. The van der Waals surface area contributed by atoms with Gasteiger partial charge in [0.2, 0.25) is 11.8 Å². The monoisotopic (exact) mass is 438 g/mol. The lowest BCUT2D eigenvalue weighted by molar-refractivity contribution is -0.118. The molecule has 2 amide bonds. The van der Waals surface area contributed by atoms with Gasteiger partial charge in [-0.05, 0) is 17.7 Å². The van der Waals surface area contributed by atoms with Crippen LogP contribution < -0.4 is 10.1 Å². The number of rotatable bonds is 7. The van der Waals surface area contributed by atoms with Crippen molar-refractivity contribution < 1.29 is 23.1 Å². The smallest absolute Gasteiger partial charge is 0.278 e. The standard InChI is InChI=1S/C20H21ClF2N4O3/c1-11(2)17(28)26-16-14-9-27(19(29)13(14)4-5-24-16)8-12-6-15(21)18(25-7-12)30-10-20(3,22)23/h4-7,11H,8-10H2,1-3H3,(H,24,26,28). The number of amides is 2. The van der Waals surface area contributed by atoms with Crippen LogP contribution in [-0.4, -0.2) is 39.2 Å². The minimum Gasteiger partial charge on any atom is -0.470 e. The van der Waals surface area contributed by atoms with Crippen LogP contribution in [0.2, 0.25) is 5.02 Å². The maximum Gasteiger partial charge on any atom is 0.278 e. The van der Waals surface area contributed by atoms with E-state index in [9.17, 15) is 18.4 Å². The van der Waals surface area contributed by atoms with Crippen molar-refractivity contribution in [2.45, 2.75) is 39.8 Å². The molecule has 0 fully saturated rings. The Bertz CT molecular complexity index is 979. The first-order valence-corrected chi connectivity index (χ1v) is 9.66. The minimum absolute atomic E-state index is 0.0764. The first-order chi connectivity index (χ1) is 14.0. The van der Waals surface area contributed by atoms with E-state index in [2.05, 4.69) is 15.3 Å². The number of ether oxygens (including phenoxy) is 1. The van der Waals surface area contributed by atoms with Gasteiger partial charge in [0.25, 0.3) is 11.8 Å². The van der Waals surface area contributed by atoms with Crippen molar-refractivity contribution in [3.05, 3.63) is 46.2 Å². The molecule has 0 aromatic carbocycles. The summed E-state index contributed by atoms with van der Waals surface area (Å²) < 4.78 is 30.8. The Balaban J connectivity index is 1.73. The number of nitrogens with one attached hydrogen (secondary N) is 1. The fraction of sp³-hybridized carbons (Fsp3) is 0.400. The molecule has 0 atom stereocenters. The molecule has 10 heteroatoms. The zero-order chi connectivity index (χ0) is 22.1. The number of anilines is 1. The molecule has 0 bridgehead atoms. The second kappa shape index (κ2) is 8.51. The van der Waals surface area contributed by atoms with E-state index in [1.165, 1.54) is 18.5 Å². The van der Waals surface area contributed by atoms with E-state index >= 15 is 0 Å². The number of hydrogen-bond acceptors (Lipinski definition) is 5. The number of fused-ring (bicyclic) bond motifs is 1. The third kappa shape index (κ3) is 5.02. The molecule has 160 valence electrons. The summed E-state index contributed by atoms with van der Waals surface area (Å²) in [6, 6.07) is 3.13. The quantitative estimate of drug-likeness (QED) is 0.708. The van der Waals surface area contributed by atoms with Crippen LogP contribution in [0.4, 0.5) is 14.6 Å². The third-order valence-electron chi connectivity index (χ3n) is 4.39. The van der Waals surface area contributed by atoms with E-state index in [1.807, 2.05) is 0 Å². The van der Waals surface area contributed by atoms with E-state index in [0.717, 1.165) is 6.92 Å². The average Bonchev–Trinajstić information content (AvgIpc) is 2.97. The fourth-order valence-corrected chi connectivity index (χ4v) is 3.10. The molecule has 2 aromatic rings. The summed E-state index contributed by atoms with van der Waals surface area (Å²) >= 11 is 6.09. The zero-order valence-electron chi connectivity index (χ0n) is 16.7. The first-order valence-electron chi connectivity index (χ1n) is 9.28. The molecule has 0 unspecified atom stereocenters. The molecule has 0 aliphatic carbocycles. The van der Waals surface area contributed by atoms with E-state index < -0.39 is 12.5 Å². The lowest BCUT2D eigenvalue weighted by Gasteiger charge is -2.17. The molecule has 0 saturated heterocycles. The van der Waals surface area contributed by atoms with Crippen molar-refractivity contribution in [2.24, 2.45) is 5.92 Å². The molecule has 7 nitrogen and oxygen atoms in total. The second-order valence-electron chi connectivity index (χ2n) is 7.48. The summed E-state index contributed by atoms with van der Waals surface area (Å²) in [6.07, 6.45) is 2.90. The highest BCUT2D eigenvalue weighted by atomic mass is 35.5. The van der Waals surface area contributed by atoms with Gasteiger partial charge in [0.15, 0.2) is 6.61 Å². The van der Waals surface area contributed by atoms with Crippen LogP contribution in [0.5, 0.6) is 5.88 Å². The van der Waals surface area contributed by atoms with Gasteiger partial charge in [0.05, 0.1) is 6.54 Å². The maximum atomic E-state index is 12.9. The Morgan fingerprint density at radius 1 is 1.40 bits per heavy atom. The Morgan fingerprint density at radius 2 is 2.13 bits per heavy atom. The van der Waals surface area contributed by atoms with Crippen molar-refractivity contribution >= 4 is 29.2 Å². The number of halogens is 3. The summed E-state index contributed by atoms with van der Waals surface area (Å²) in [5.41, 5.74) is 1.71. The van der Waals surface area contributed by atoms with Gasteiger partial charge in [0.1, 0.15) is 10.8 Å². The highest BCUT2D eigenvalue weighted by Crippen LogP contribution is 2.30. The molecule has 2 aromatic heterocycles. The number of carbonyl (C=O) groups excluding carboxylic acids is 2. The lowest BCUT2D eigenvalue weighted by Crippen LogP contribution is -2.24. The van der Waals surface area contributed by atoms with Crippen molar-refractivity contribution in [2.75, 3.05) is 11.9 Å². The molecule has 3 rings (SSSR count). The SMILES string of the molecule is CC(C)C(=O)Nc1nccc2c1CN(Cc1cnc(OCC(C)(F)F)c(Cl)c1)C2=O. The molecule has 1 N–H and O–H groups in total. The van der Waals surface area contributed by atoms with Crippen LogP contribution in [0.15, 0.2) is 24.5 Å². The number of nitrogens with zero attached hydrogens (tertiary/aromatic N) is 3. The van der Waals surface area contributed by atoms with Crippen molar-refractivity contribution in [3.63, 3.8) is 0 Å². The van der Waals surface area contributed by atoms with Crippen molar-refractivity contribution in [1.29, 1.82) is 0 Å². The number of alkyl halides is 2. The molecular formula is C20H21ClF2N4O3. The topological polar surface area (TPSA) is 84.4 Å². The van der Waals surface area contributed by atoms with Crippen LogP contribution in [-0.2, 0) is 17.9 Å². The maximum absolute atomic E-state index is 12.9. The van der Waals surface area contributed by atoms with Gasteiger partial charge >= 0.3 is 0 Å². The fourth-order valence-electron chi connectivity index (χ4n) is 2.86. The number of aromatic nitrogens is 2. The van der Waals surface area contributed by atoms with Crippen molar-refractivity contribution in [1.82, 2.24) is 14.9 Å². The van der Waals surface area contributed by atoms with Gasteiger partial charge in [-0.15, -0.1) is 0 Å². The van der Waals surface area contributed by atoms with Gasteiger partial charge in [-0.1, -0.05) is 25.4 Å². The molecular weight excluding hydrogens is 418 g/mol. The zero-order valence-corrected chi connectivity index (χ0v) is 17.5. The Labute approximate surface area is 177 Å². The first kappa shape index (κ1) is 21.9. The Morgan fingerprint density at radius 3 is 2.77 bits per heavy atom. The minimum atomic E-state index is -3.01. The highest BCUT2D eigenvalue weighted by molar-refractivity contribution is 6.31. The summed E-state index contributed by atoms with van der Waals surface area (Å²) in [7, 11) is 0. The van der Waals surface area contributed by atoms with Gasteiger partial charge in [-0.2, -0.15) is 0 Å². The van der Waals surface area contributed by atoms with Crippen LogP contribution in [0, 0.1) is 5.92 Å². The van der Waals surface area contributed by atoms with Gasteiger partial charge in [0, 0.05) is 42.9 Å². The van der Waals surface area contributed by atoms with E-state index in [1.54, 1.807) is 24.8 Å². The third-order valence-corrected chi connectivity index (χ3v) is 4.66. The predicted molar refractivity (Wildman–Crippen MR) is 107 cm³/mol. The highest BCUT2D eigenvalue weighted by Gasteiger charge is 2.31. The summed E-state index contributed by atoms with van der Waals surface area (Å²) in [6.45, 7) is 3.88. The average molecular weight is 439 g/mol. The largest absolute Gasteiger partial charge is 0.470 e. The lowest BCUT2D eigenvalue weighted by atomic mass is 10.1. The van der Waals surface area contributed by atoms with E-state index in [-0.39, 0.29) is 41.7 Å². The van der Waals surface area contributed by atoms with Gasteiger partial charge in [-0.3, -0.25) is 9.59 Å².